The Bertz CT molecular complexity index is 901. The highest BCUT2D eigenvalue weighted by Crippen LogP contribution is 2.39. The Morgan fingerprint density at radius 2 is 1.92 bits per heavy atom. The Hall–Kier alpha value is -3.28. The number of ether oxygens (including phenoxy) is 3. The predicted molar refractivity (Wildman–Crippen MR) is 96.4 cm³/mol. The molecule has 0 saturated heterocycles. The molecule has 0 radical (unpaired) electrons. The lowest BCUT2D eigenvalue weighted by Gasteiger charge is -2.10. The van der Waals surface area contributed by atoms with Crippen LogP contribution in [0.2, 0.25) is 0 Å². The largest absolute Gasteiger partial charge is 0.493 e. The molecule has 2 aromatic rings. The molecule has 0 unspecified atom stereocenters. The average Bonchev–Trinajstić information content (AvgIpc) is 2.93. The van der Waals surface area contributed by atoms with Gasteiger partial charge in [-0.3, -0.25) is 9.59 Å². The summed E-state index contributed by atoms with van der Waals surface area (Å²) in [7, 11) is 0. The van der Waals surface area contributed by atoms with Crippen LogP contribution in [0.3, 0.4) is 0 Å². The molecule has 6 heteroatoms. The highest BCUT2D eigenvalue weighted by Gasteiger charge is 2.30. The van der Waals surface area contributed by atoms with Gasteiger partial charge in [-0.1, -0.05) is 18.2 Å². The molecular weight excluding hydrogens is 334 g/mol. The van der Waals surface area contributed by atoms with Crippen molar-refractivity contribution in [2.24, 2.45) is 5.73 Å². The minimum Gasteiger partial charge on any atom is -0.493 e. The summed E-state index contributed by atoms with van der Waals surface area (Å²) >= 11 is 0. The highest BCUT2D eigenvalue weighted by atomic mass is 16.5. The fourth-order valence-corrected chi connectivity index (χ4v) is 2.70. The molecule has 0 saturated carbocycles. The summed E-state index contributed by atoms with van der Waals surface area (Å²) in [6.07, 6.45) is 1.66. The summed E-state index contributed by atoms with van der Waals surface area (Å²) in [5.41, 5.74) is 6.95. The van der Waals surface area contributed by atoms with Crippen LogP contribution in [0.15, 0.2) is 42.2 Å². The molecule has 6 nitrogen and oxygen atoms in total. The molecule has 2 N–H and O–H groups in total. The van der Waals surface area contributed by atoms with Crippen LogP contribution in [0.4, 0.5) is 0 Å². The van der Waals surface area contributed by atoms with E-state index in [1.54, 1.807) is 25.1 Å². The quantitative estimate of drug-likeness (QED) is 0.807. The molecule has 1 aliphatic heterocycles. The Labute approximate surface area is 151 Å². The number of hydrogen-bond donors (Lipinski definition) is 1. The number of amides is 1. The summed E-state index contributed by atoms with van der Waals surface area (Å²) in [6, 6.07) is 10.7. The minimum atomic E-state index is -0.574. The van der Waals surface area contributed by atoms with Crippen LogP contribution in [-0.4, -0.2) is 24.9 Å². The van der Waals surface area contributed by atoms with Crippen molar-refractivity contribution in [1.82, 2.24) is 0 Å². The summed E-state index contributed by atoms with van der Waals surface area (Å²) in [5.74, 6) is 0.980. The van der Waals surface area contributed by atoms with Crippen LogP contribution in [0, 0.1) is 6.92 Å². The molecule has 134 valence electrons. The minimum absolute atomic E-state index is 0.210. The maximum absolute atomic E-state index is 12.7. The molecule has 2 aromatic carbocycles. The van der Waals surface area contributed by atoms with Gasteiger partial charge in [-0.25, -0.2) is 0 Å². The highest BCUT2D eigenvalue weighted by molar-refractivity contribution is 6.15. The Balaban J connectivity index is 1.92. The zero-order valence-corrected chi connectivity index (χ0v) is 14.6. The van der Waals surface area contributed by atoms with Gasteiger partial charge in [0.05, 0.1) is 12.2 Å². The molecule has 26 heavy (non-hydrogen) atoms. The van der Waals surface area contributed by atoms with Gasteiger partial charge in [-0.15, -0.1) is 0 Å². The van der Waals surface area contributed by atoms with Gasteiger partial charge in [0, 0.05) is 11.1 Å². The van der Waals surface area contributed by atoms with E-state index in [1.165, 1.54) is 0 Å². The van der Waals surface area contributed by atoms with E-state index in [0.717, 1.165) is 5.56 Å². The Morgan fingerprint density at radius 3 is 2.65 bits per heavy atom. The molecule has 0 aliphatic carbocycles. The van der Waals surface area contributed by atoms with Crippen molar-refractivity contribution < 1.29 is 23.8 Å². The van der Waals surface area contributed by atoms with E-state index >= 15 is 0 Å². The van der Waals surface area contributed by atoms with E-state index in [0.29, 0.717) is 35.0 Å². The number of carbonyl (C=O) groups excluding carboxylic acids is 2. The van der Waals surface area contributed by atoms with Gasteiger partial charge in [0.25, 0.3) is 5.91 Å². The van der Waals surface area contributed by atoms with E-state index < -0.39 is 5.91 Å². The lowest BCUT2D eigenvalue weighted by Crippen LogP contribution is -2.20. The van der Waals surface area contributed by atoms with Crippen molar-refractivity contribution in [1.29, 1.82) is 0 Å². The first-order chi connectivity index (χ1) is 12.5. The number of Topliss-reactive ketones (excluding diaryl/α,β-unsaturated/α-hetero) is 1. The number of fused-ring (bicyclic) bond motifs is 1. The second kappa shape index (κ2) is 7.31. The third-order valence-corrected chi connectivity index (χ3v) is 3.91. The van der Waals surface area contributed by atoms with Gasteiger partial charge in [0.1, 0.15) is 17.2 Å². The number of carbonyl (C=O) groups is 2. The normalized spacial score (nSPS) is 14.1. The van der Waals surface area contributed by atoms with Crippen molar-refractivity contribution in [2.75, 3.05) is 13.2 Å². The fourth-order valence-electron chi connectivity index (χ4n) is 2.70. The van der Waals surface area contributed by atoms with Crippen LogP contribution >= 0.6 is 0 Å². The fraction of sp³-hybridized carbons (Fsp3) is 0.200. The number of primary amides is 1. The van der Waals surface area contributed by atoms with Crippen LogP contribution in [-0.2, 0) is 4.79 Å². The van der Waals surface area contributed by atoms with Gasteiger partial charge in [-0.05, 0) is 38.1 Å². The maximum atomic E-state index is 12.7. The lowest BCUT2D eigenvalue weighted by molar-refractivity contribution is -0.119. The van der Waals surface area contributed by atoms with E-state index in [-0.39, 0.29) is 18.1 Å². The summed E-state index contributed by atoms with van der Waals surface area (Å²) in [5, 5.41) is 0. The topological polar surface area (TPSA) is 87.8 Å². The first-order valence-corrected chi connectivity index (χ1v) is 8.22. The van der Waals surface area contributed by atoms with Crippen LogP contribution in [0.1, 0.15) is 28.4 Å². The van der Waals surface area contributed by atoms with Gasteiger partial charge in [0.2, 0.25) is 5.78 Å². The number of hydrogen-bond acceptors (Lipinski definition) is 5. The van der Waals surface area contributed by atoms with Crippen molar-refractivity contribution in [3.05, 3.63) is 58.8 Å². The molecule has 1 heterocycles. The standard InChI is InChI=1S/C20H19NO5/c1-3-24-16-7-5-4-6-13(16)10-17-19(23)14-8-9-15(25-11-18(21)22)12(2)20(14)26-17/h4-10H,3,11H2,1-2H3,(H2,21,22)/b17-10-. The third-order valence-electron chi connectivity index (χ3n) is 3.91. The zero-order chi connectivity index (χ0) is 18.7. The second-order valence-corrected chi connectivity index (χ2v) is 5.73. The number of rotatable bonds is 6. The van der Waals surface area contributed by atoms with E-state index in [2.05, 4.69) is 0 Å². The maximum Gasteiger partial charge on any atom is 0.255 e. The van der Waals surface area contributed by atoms with E-state index in [1.807, 2.05) is 31.2 Å². The molecular formula is C20H19NO5. The third kappa shape index (κ3) is 3.39. The molecule has 0 bridgehead atoms. The van der Waals surface area contributed by atoms with E-state index in [4.69, 9.17) is 19.9 Å². The number of nitrogens with two attached hydrogens (primary N) is 1. The van der Waals surface area contributed by atoms with Crippen LogP contribution < -0.4 is 19.9 Å². The number of allylic oxidation sites excluding steroid dienone is 1. The van der Waals surface area contributed by atoms with Gasteiger partial charge < -0.3 is 19.9 Å². The Kier molecular flexibility index (Phi) is 4.93. The van der Waals surface area contributed by atoms with Gasteiger partial charge in [-0.2, -0.15) is 0 Å². The summed E-state index contributed by atoms with van der Waals surface area (Å²) < 4.78 is 16.7. The van der Waals surface area contributed by atoms with Crippen molar-refractivity contribution in [2.45, 2.75) is 13.8 Å². The molecule has 0 aromatic heterocycles. The summed E-state index contributed by atoms with van der Waals surface area (Å²) in [4.78, 5) is 23.6. The number of benzene rings is 2. The molecule has 0 atom stereocenters. The average molecular weight is 353 g/mol. The molecule has 1 aliphatic rings. The van der Waals surface area contributed by atoms with E-state index in [9.17, 15) is 9.59 Å². The Morgan fingerprint density at radius 1 is 1.15 bits per heavy atom. The molecule has 0 spiro atoms. The first kappa shape index (κ1) is 17.5. The number of ketones is 1. The van der Waals surface area contributed by atoms with Gasteiger partial charge >= 0.3 is 0 Å². The first-order valence-electron chi connectivity index (χ1n) is 8.22. The second-order valence-electron chi connectivity index (χ2n) is 5.73. The van der Waals surface area contributed by atoms with Crippen LogP contribution in [0.5, 0.6) is 17.2 Å². The molecule has 0 fully saturated rings. The van der Waals surface area contributed by atoms with Crippen molar-refractivity contribution in [3.8, 4) is 17.2 Å². The smallest absolute Gasteiger partial charge is 0.255 e. The molecule has 3 rings (SSSR count). The predicted octanol–water partition coefficient (Wildman–Crippen LogP) is 2.87. The van der Waals surface area contributed by atoms with Crippen molar-refractivity contribution >= 4 is 17.8 Å². The molecule has 1 amide bonds. The zero-order valence-electron chi connectivity index (χ0n) is 14.6. The lowest BCUT2D eigenvalue weighted by atomic mass is 10.1. The van der Waals surface area contributed by atoms with Gasteiger partial charge in [0.15, 0.2) is 12.4 Å². The summed E-state index contributed by atoms with van der Waals surface area (Å²) in [6.45, 7) is 3.94. The van der Waals surface area contributed by atoms with Crippen LogP contribution in [0.25, 0.3) is 6.08 Å². The monoisotopic (exact) mass is 353 g/mol. The SMILES string of the molecule is CCOc1ccccc1/C=C1\Oc2c(ccc(OCC(N)=O)c2C)C1=O. The van der Waals surface area contributed by atoms with Crippen molar-refractivity contribution in [3.63, 3.8) is 0 Å². The number of para-hydroxylation sites is 1.